The van der Waals surface area contributed by atoms with Crippen LogP contribution in [0.4, 0.5) is 4.79 Å². The van der Waals surface area contributed by atoms with Gasteiger partial charge in [0, 0.05) is 24.7 Å². The highest BCUT2D eigenvalue weighted by Gasteiger charge is 2.40. The van der Waals surface area contributed by atoms with Crippen molar-refractivity contribution >= 4 is 28.7 Å². The van der Waals surface area contributed by atoms with Gasteiger partial charge < -0.3 is 4.74 Å². The molecule has 0 bridgehead atoms. The van der Waals surface area contributed by atoms with E-state index in [2.05, 4.69) is 73.5 Å². The number of hydrogen-bond donors (Lipinski definition) is 0. The SMILES string of the molecule is CC/C=C\C/C=C\C/C=C\C/C=C\CCCCC(=O)CN1C(=O)SC(Cc2ccc(OCCc3ccc(CC)cn3)cc2)C1=O. The number of carbonyl (C=O) groups is 3. The summed E-state index contributed by atoms with van der Waals surface area (Å²) in [6.45, 7) is 4.64. The van der Waals surface area contributed by atoms with Crippen LogP contribution in [0.2, 0.25) is 0 Å². The molecule has 0 radical (unpaired) electrons. The minimum atomic E-state index is -0.507. The predicted molar refractivity (Wildman–Crippen MR) is 186 cm³/mol. The number of pyridine rings is 1. The fourth-order valence-electron chi connectivity index (χ4n) is 4.73. The minimum absolute atomic E-state index is 0.0684. The van der Waals surface area contributed by atoms with Gasteiger partial charge in [0.1, 0.15) is 5.75 Å². The average molecular weight is 629 g/mol. The van der Waals surface area contributed by atoms with Crippen LogP contribution in [0.5, 0.6) is 5.75 Å². The molecular weight excluding hydrogens is 580 g/mol. The molecule has 1 aromatic heterocycles. The molecule has 240 valence electrons. The molecule has 1 aliphatic rings. The average Bonchev–Trinajstić information content (AvgIpc) is 3.31. The standard InChI is InChI=1S/C38H48N2O4S/c1-3-5-6-7-8-9-10-11-12-13-14-15-16-17-18-19-34(41)30-40-37(42)36(45-38(40)43)28-32-21-24-35(25-22-32)44-27-26-33-23-20-31(4-2)29-39-33/h5-6,8-9,11-12,14-15,20-25,29,36H,3-4,7,10,13,16-19,26-28,30H2,1-2H3/b6-5-,9-8-,12-11-,15-14-. The molecule has 7 heteroatoms. The zero-order chi connectivity index (χ0) is 32.1. The summed E-state index contributed by atoms with van der Waals surface area (Å²) in [5.74, 6) is 0.404. The summed E-state index contributed by atoms with van der Waals surface area (Å²) in [5.41, 5.74) is 3.16. The van der Waals surface area contributed by atoms with Crippen molar-refractivity contribution in [1.82, 2.24) is 9.88 Å². The first-order valence-corrected chi connectivity index (χ1v) is 17.2. The van der Waals surface area contributed by atoms with Crippen molar-refractivity contribution in [1.29, 1.82) is 0 Å². The number of thioether (sulfide) groups is 1. The van der Waals surface area contributed by atoms with Gasteiger partial charge in [0.05, 0.1) is 18.4 Å². The fraction of sp³-hybridized carbons (Fsp3) is 0.421. The predicted octanol–water partition coefficient (Wildman–Crippen LogP) is 8.81. The van der Waals surface area contributed by atoms with Crippen LogP contribution in [-0.4, -0.2) is 45.2 Å². The summed E-state index contributed by atoms with van der Waals surface area (Å²) >= 11 is 1.01. The van der Waals surface area contributed by atoms with E-state index in [0.29, 0.717) is 19.4 Å². The van der Waals surface area contributed by atoms with Crippen LogP contribution in [0.3, 0.4) is 0 Å². The van der Waals surface area contributed by atoms with E-state index < -0.39 is 5.25 Å². The summed E-state index contributed by atoms with van der Waals surface area (Å²) in [7, 11) is 0. The van der Waals surface area contributed by atoms with Gasteiger partial charge in [-0.1, -0.05) is 92.4 Å². The number of hydrogen-bond acceptors (Lipinski definition) is 6. The molecule has 45 heavy (non-hydrogen) atoms. The normalized spacial score (nSPS) is 15.5. The van der Waals surface area contributed by atoms with E-state index in [-0.39, 0.29) is 23.5 Å². The van der Waals surface area contributed by atoms with Crippen molar-refractivity contribution in [2.24, 2.45) is 0 Å². The summed E-state index contributed by atoms with van der Waals surface area (Å²) in [6.07, 6.45) is 28.3. The lowest BCUT2D eigenvalue weighted by atomic mass is 10.1. The Morgan fingerprint density at radius 3 is 2.18 bits per heavy atom. The number of benzene rings is 1. The van der Waals surface area contributed by atoms with Crippen LogP contribution in [0.25, 0.3) is 0 Å². The van der Waals surface area contributed by atoms with Gasteiger partial charge in [-0.25, -0.2) is 0 Å². The maximum absolute atomic E-state index is 12.9. The van der Waals surface area contributed by atoms with E-state index in [4.69, 9.17) is 4.74 Å². The second-order valence-electron chi connectivity index (χ2n) is 11.0. The van der Waals surface area contributed by atoms with Gasteiger partial charge >= 0.3 is 0 Å². The van der Waals surface area contributed by atoms with Crippen molar-refractivity contribution in [3.63, 3.8) is 0 Å². The van der Waals surface area contributed by atoms with E-state index in [1.807, 2.05) is 36.5 Å². The number of ketones is 1. The van der Waals surface area contributed by atoms with Crippen molar-refractivity contribution in [2.75, 3.05) is 13.2 Å². The smallest absolute Gasteiger partial charge is 0.289 e. The summed E-state index contributed by atoms with van der Waals surface area (Å²) in [5, 5.41) is -0.842. The Balaban J connectivity index is 1.28. The lowest BCUT2D eigenvalue weighted by Gasteiger charge is -2.13. The summed E-state index contributed by atoms with van der Waals surface area (Å²) in [6, 6.07) is 11.7. The van der Waals surface area contributed by atoms with Crippen molar-refractivity contribution < 1.29 is 19.1 Å². The van der Waals surface area contributed by atoms with E-state index >= 15 is 0 Å². The number of aromatic nitrogens is 1. The second-order valence-corrected chi connectivity index (χ2v) is 12.2. The zero-order valence-corrected chi connectivity index (χ0v) is 27.7. The monoisotopic (exact) mass is 628 g/mol. The maximum Gasteiger partial charge on any atom is 0.289 e. The number of ether oxygens (including phenoxy) is 1. The first-order valence-electron chi connectivity index (χ1n) is 16.3. The number of unbranched alkanes of at least 4 members (excludes halogenated alkanes) is 2. The number of amides is 2. The van der Waals surface area contributed by atoms with Gasteiger partial charge in [-0.15, -0.1) is 0 Å². The molecule has 0 saturated carbocycles. The number of rotatable bonds is 21. The maximum atomic E-state index is 12.9. The summed E-state index contributed by atoms with van der Waals surface area (Å²) in [4.78, 5) is 43.6. The van der Waals surface area contributed by atoms with Gasteiger partial charge in [0.2, 0.25) is 5.91 Å². The van der Waals surface area contributed by atoms with E-state index in [1.54, 1.807) is 0 Å². The highest BCUT2D eigenvalue weighted by atomic mass is 32.2. The Hall–Kier alpha value is -3.71. The molecule has 2 aromatic rings. The van der Waals surface area contributed by atoms with E-state index in [9.17, 15) is 14.4 Å². The van der Waals surface area contributed by atoms with Gasteiger partial charge in [-0.2, -0.15) is 0 Å². The summed E-state index contributed by atoms with van der Waals surface area (Å²) < 4.78 is 5.86. The Morgan fingerprint density at radius 2 is 1.53 bits per heavy atom. The molecule has 2 heterocycles. The highest BCUT2D eigenvalue weighted by molar-refractivity contribution is 8.15. The lowest BCUT2D eigenvalue weighted by molar-refractivity contribution is -0.131. The molecule has 1 aromatic carbocycles. The van der Waals surface area contributed by atoms with Crippen molar-refractivity contribution in [3.8, 4) is 5.75 Å². The molecule has 0 spiro atoms. The van der Waals surface area contributed by atoms with Gasteiger partial charge in [-0.05, 0) is 87.1 Å². The number of nitrogens with zero attached hydrogens (tertiary/aromatic N) is 2. The Bertz CT molecular complexity index is 1310. The number of allylic oxidation sites excluding steroid dienone is 8. The lowest BCUT2D eigenvalue weighted by Crippen LogP contribution is -2.36. The molecule has 2 amide bonds. The van der Waals surface area contributed by atoms with Gasteiger partial charge in [0.15, 0.2) is 5.78 Å². The first-order chi connectivity index (χ1) is 22.0. The zero-order valence-electron chi connectivity index (χ0n) is 26.9. The van der Waals surface area contributed by atoms with Crippen LogP contribution < -0.4 is 4.74 Å². The topological polar surface area (TPSA) is 76.6 Å². The fourth-order valence-corrected chi connectivity index (χ4v) is 5.76. The van der Waals surface area contributed by atoms with Crippen molar-refractivity contribution in [2.45, 2.75) is 89.7 Å². The molecule has 0 N–H and O–H groups in total. The molecule has 6 nitrogen and oxygen atoms in total. The van der Waals surface area contributed by atoms with Crippen LogP contribution in [0.15, 0.2) is 91.2 Å². The third-order valence-electron chi connectivity index (χ3n) is 7.40. The quantitative estimate of drug-likeness (QED) is 0.102. The molecule has 1 unspecified atom stereocenters. The van der Waals surface area contributed by atoms with Gasteiger partial charge in [-0.3, -0.25) is 24.3 Å². The van der Waals surface area contributed by atoms with Crippen LogP contribution in [0.1, 0.15) is 82.0 Å². The number of aryl methyl sites for hydroxylation is 1. The molecule has 1 fully saturated rings. The molecule has 1 atom stereocenters. The van der Waals surface area contributed by atoms with E-state index in [0.717, 1.165) is 91.5 Å². The molecule has 3 rings (SSSR count). The Labute approximate surface area is 273 Å². The third kappa shape index (κ3) is 13.9. The number of carbonyl (C=O) groups excluding carboxylic acids is 3. The van der Waals surface area contributed by atoms with Crippen LogP contribution in [0, 0.1) is 0 Å². The molecule has 1 aliphatic heterocycles. The Morgan fingerprint density at radius 1 is 0.867 bits per heavy atom. The van der Waals surface area contributed by atoms with Crippen molar-refractivity contribution in [3.05, 3.63) is 108 Å². The van der Waals surface area contributed by atoms with Gasteiger partial charge in [0.25, 0.3) is 5.24 Å². The highest BCUT2D eigenvalue weighted by Crippen LogP contribution is 2.30. The number of imide groups is 1. The first kappa shape index (κ1) is 35.8. The van der Waals surface area contributed by atoms with E-state index in [1.165, 1.54) is 5.56 Å². The molecule has 1 saturated heterocycles. The molecular formula is C38H48N2O4S. The Kier molecular flexibility index (Phi) is 16.8. The minimum Gasteiger partial charge on any atom is -0.493 e. The largest absolute Gasteiger partial charge is 0.493 e. The molecule has 0 aliphatic carbocycles. The second kappa shape index (κ2) is 21.1. The number of Topliss-reactive ketones (excluding diaryl/α,β-unsaturated/α-hetero) is 1. The third-order valence-corrected chi connectivity index (χ3v) is 8.48. The van der Waals surface area contributed by atoms with Crippen LogP contribution >= 0.6 is 11.8 Å². The van der Waals surface area contributed by atoms with Crippen LogP contribution in [-0.2, 0) is 28.9 Å².